The molecule has 4 heteroatoms. The lowest BCUT2D eigenvalue weighted by Gasteiger charge is -2.16. The van der Waals surface area contributed by atoms with Gasteiger partial charge in [-0.05, 0) is 20.3 Å². The molecule has 0 unspecified atom stereocenters. The molecule has 0 aromatic carbocycles. The first-order valence-electron chi connectivity index (χ1n) is 3.57. The molecule has 3 N–H and O–H groups in total. The van der Waals surface area contributed by atoms with Crippen LogP contribution in [0.4, 0.5) is 0 Å². The topological polar surface area (TPSA) is 58.6 Å². The van der Waals surface area contributed by atoms with E-state index in [0.29, 0.717) is 12.2 Å². The summed E-state index contributed by atoms with van der Waals surface area (Å²) < 4.78 is 0. The Bertz CT molecular complexity index is 215. The minimum atomic E-state index is -0.678. The van der Waals surface area contributed by atoms with Crippen LogP contribution in [0.25, 0.3) is 0 Å². The van der Waals surface area contributed by atoms with Gasteiger partial charge in [-0.15, -0.1) is 0 Å². The van der Waals surface area contributed by atoms with Crippen LogP contribution in [0.15, 0.2) is 16.7 Å². The van der Waals surface area contributed by atoms with Crippen LogP contribution in [0, 0.1) is 0 Å². The van der Waals surface area contributed by atoms with Gasteiger partial charge in [0.15, 0.2) is 0 Å². The maximum Gasteiger partial charge on any atom is 0.236 e. The molecule has 0 amide bonds. The van der Waals surface area contributed by atoms with Crippen molar-refractivity contribution in [3.63, 3.8) is 0 Å². The molecule has 59 valence electrons. The standard InChI is InChI=1S/C7H12BN2O/c1-7(2,11)3-5-4-10-6(9)8-5/h4,11H,3H2,1-2H3,(H2,9,10). The third kappa shape index (κ3) is 2.76. The zero-order chi connectivity index (χ0) is 8.48. The van der Waals surface area contributed by atoms with Crippen LogP contribution < -0.4 is 5.73 Å². The predicted octanol–water partition coefficient (Wildman–Crippen LogP) is 0.0213. The van der Waals surface area contributed by atoms with E-state index >= 15 is 0 Å². The third-order valence-electron chi connectivity index (χ3n) is 1.35. The van der Waals surface area contributed by atoms with E-state index in [-0.39, 0.29) is 0 Å². The lowest BCUT2D eigenvalue weighted by Crippen LogP contribution is -2.24. The fourth-order valence-electron chi connectivity index (χ4n) is 1.02. The SMILES string of the molecule is CC(C)(O)CC1=CN=C(N)[B]1. The van der Waals surface area contributed by atoms with Gasteiger partial charge in [0.25, 0.3) is 0 Å². The summed E-state index contributed by atoms with van der Waals surface area (Å²) >= 11 is 0. The van der Waals surface area contributed by atoms with Crippen molar-refractivity contribution in [2.45, 2.75) is 25.9 Å². The maximum absolute atomic E-state index is 9.41. The van der Waals surface area contributed by atoms with Crippen molar-refractivity contribution in [1.82, 2.24) is 0 Å². The van der Waals surface area contributed by atoms with Crippen LogP contribution in [0.2, 0.25) is 0 Å². The van der Waals surface area contributed by atoms with Gasteiger partial charge >= 0.3 is 0 Å². The Balaban J connectivity index is 2.44. The Hall–Kier alpha value is -0.765. The Kier molecular flexibility index (Phi) is 2.04. The smallest absolute Gasteiger partial charge is 0.236 e. The van der Waals surface area contributed by atoms with Crippen molar-refractivity contribution in [3.05, 3.63) is 11.7 Å². The van der Waals surface area contributed by atoms with Gasteiger partial charge in [0.2, 0.25) is 7.28 Å². The lowest BCUT2D eigenvalue weighted by molar-refractivity contribution is 0.0827. The molecule has 0 atom stereocenters. The molecular formula is C7H12BN2O. The number of hydrogen-bond donors (Lipinski definition) is 2. The number of hydrogen-bond acceptors (Lipinski definition) is 3. The lowest BCUT2D eigenvalue weighted by atomic mass is 9.67. The van der Waals surface area contributed by atoms with E-state index in [9.17, 15) is 5.11 Å². The summed E-state index contributed by atoms with van der Waals surface area (Å²) in [7, 11) is 1.78. The molecule has 0 spiro atoms. The molecule has 0 bridgehead atoms. The summed E-state index contributed by atoms with van der Waals surface area (Å²) in [5, 5.41) is 9.41. The second-order valence-corrected chi connectivity index (χ2v) is 3.39. The van der Waals surface area contributed by atoms with Gasteiger partial charge in [-0.1, -0.05) is 5.47 Å². The highest BCUT2D eigenvalue weighted by molar-refractivity contribution is 6.81. The van der Waals surface area contributed by atoms with E-state index in [1.54, 1.807) is 27.3 Å². The molecule has 3 nitrogen and oxygen atoms in total. The highest BCUT2D eigenvalue weighted by Crippen LogP contribution is 2.16. The fraction of sp³-hybridized carbons (Fsp3) is 0.571. The number of aliphatic hydroxyl groups is 1. The molecule has 1 radical (unpaired) electrons. The normalized spacial score (nSPS) is 17.4. The van der Waals surface area contributed by atoms with Crippen LogP contribution in [0.1, 0.15) is 20.3 Å². The molecule has 0 saturated heterocycles. The Labute approximate surface area is 67.3 Å². The van der Waals surface area contributed by atoms with Gasteiger partial charge in [0.05, 0.1) is 11.3 Å². The molecule has 0 fully saturated rings. The fourth-order valence-corrected chi connectivity index (χ4v) is 1.02. The molecule has 1 heterocycles. The van der Waals surface area contributed by atoms with Crippen molar-refractivity contribution >= 4 is 13.0 Å². The summed E-state index contributed by atoms with van der Waals surface area (Å²) in [5.41, 5.74) is 6.23. The molecule has 0 aromatic heterocycles. The first-order valence-corrected chi connectivity index (χ1v) is 3.57. The molecule has 1 rings (SSSR count). The van der Waals surface area contributed by atoms with Crippen LogP contribution in [-0.2, 0) is 0 Å². The number of nitrogens with zero attached hydrogens (tertiary/aromatic N) is 1. The van der Waals surface area contributed by atoms with E-state index < -0.39 is 5.60 Å². The second-order valence-electron chi connectivity index (χ2n) is 3.39. The number of amidine groups is 1. The Morgan fingerprint density at radius 2 is 2.36 bits per heavy atom. The minimum Gasteiger partial charge on any atom is -0.395 e. The molecular weight excluding hydrogens is 139 g/mol. The average molecular weight is 151 g/mol. The van der Waals surface area contributed by atoms with Gasteiger partial charge < -0.3 is 10.8 Å². The Morgan fingerprint density at radius 1 is 1.73 bits per heavy atom. The highest BCUT2D eigenvalue weighted by Gasteiger charge is 2.18. The quantitative estimate of drug-likeness (QED) is 0.546. The molecule has 11 heavy (non-hydrogen) atoms. The van der Waals surface area contributed by atoms with Crippen molar-refractivity contribution in [2.24, 2.45) is 10.7 Å². The van der Waals surface area contributed by atoms with Crippen LogP contribution >= 0.6 is 0 Å². The first kappa shape index (κ1) is 8.33. The maximum atomic E-state index is 9.41. The van der Waals surface area contributed by atoms with Crippen molar-refractivity contribution in [1.29, 1.82) is 0 Å². The van der Waals surface area contributed by atoms with E-state index in [1.807, 2.05) is 0 Å². The monoisotopic (exact) mass is 151 g/mol. The zero-order valence-corrected chi connectivity index (χ0v) is 6.83. The van der Waals surface area contributed by atoms with Crippen LogP contribution in [-0.4, -0.2) is 23.7 Å². The Morgan fingerprint density at radius 3 is 2.73 bits per heavy atom. The molecule has 0 saturated carbocycles. The van der Waals surface area contributed by atoms with Gasteiger partial charge in [-0.2, -0.15) is 0 Å². The second kappa shape index (κ2) is 2.70. The molecule has 0 aromatic rings. The van der Waals surface area contributed by atoms with Crippen LogP contribution in [0.5, 0.6) is 0 Å². The van der Waals surface area contributed by atoms with E-state index in [1.165, 1.54) is 0 Å². The summed E-state index contributed by atoms with van der Waals surface area (Å²) in [5.74, 6) is 0. The van der Waals surface area contributed by atoms with Crippen molar-refractivity contribution < 1.29 is 5.11 Å². The predicted molar refractivity (Wildman–Crippen MR) is 46.4 cm³/mol. The average Bonchev–Trinajstić information content (AvgIpc) is 2.10. The van der Waals surface area contributed by atoms with Crippen molar-refractivity contribution in [2.75, 3.05) is 0 Å². The summed E-state index contributed by atoms with van der Waals surface area (Å²) in [6.07, 6.45) is 2.28. The van der Waals surface area contributed by atoms with Gasteiger partial charge in [-0.25, -0.2) is 0 Å². The highest BCUT2D eigenvalue weighted by atomic mass is 16.3. The number of aliphatic imine (C=N–C) groups is 1. The summed E-state index contributed by atoms with van der Waals surface area (Å²) in [6.45, 7) is 3.52. The van der Waals surface area contributed by atoms with Crippen molar-refractivity contribution in [3.8, 4) is 0 Å². The largest absolute Gasteiger partial charge is 0.395 e. The van der Waals surface area contributed by atoms with E-state index in [0.717, 1.165) is 5.47 Å². The number of nitrogens with two attached hydrogens (primary N) is 1. The van der Waals surface area contributed by atoms with E-state index in [4.69, 9.17) is 5.73 Å². The van der Waals surface area contributed by atoms with E-state index in [2.05, 4.69) is 4.99 Å². The summed E-state index contributed by atoms with van der Waals surface area (Å²) in [4.78, 5) is 3.87. The van der Waals surface area contributed by atoms with Gasteiger partial charge in [0, 0.05) is 6.20 Å². The van der Waals surface area contributed by atoms with Gasteiger partial charge in [0.1, 0.15) is 0 Å². The zero-order valence-electron chi connectivity index (χ0n) is 6.83. The molecule has 0 aliphatic carbocycles. The minimum absolute atomic E-state index is 0.518. The first-order chi connectivity index (χ1) is 4.97. The summed E-state index contributed by atoms with van der Waals surface area (Å²) in [6, 6.07) is 0. The number of rotatable bonds is 2. The molecule has 1 aliphatic rings. The third-order valence-corrected chi connectivity index (χ3v) is 1.35. The van der Waals surface area contributed by atoms with Crippen LogP contribution in [0.3, 0.4) is 0 Å². The van der Waals surface area contributed by atoms with Gasteiger partial charge in [-0.3, -0.25) is 4.99 Å². The molecule has 1 aliphatic heterocycles.